The van der Waals surface area contributed by atoms with Crippen molar-refractivity contribution in [3.8, 4) is 11.1 Å². The first-order valence-corrected chi connectivity index (χ1v) is 10.1. The molecule has 5 rings (SSSR count). The molecule has 29 heavy (non-hydrogen) atoms. The molecule has 3 N–H and O–H groups in total. The first-order valence-electron chi connectivity index (χ1n) is 9.72. The largest absolute Gasteiger partial charge is 0.345 e. The Balaban J connectivity index is 1.69. The van der Waals surface area contributed by atoms with Gasteiger partial charge in [-0.25, -0.2) is 0 Å². The summed E-state index contributed by atoms with van der Waals surface area (Å²) in [6, 6.07) is 3.95. The lowest BCUT2D eigenvalue weighted by molar-refractivity contribution is 0.668. The third-order valence-electron chi connectivity index (χ3n) is 5.68. The number of nitrogens with zero attached hydrogens (tertiary/aromatic N) is 5. The normalized spacial score (nSPS) is 17.1. The van der Waals surface area contributed by atoms with Gasteiger partial charge < -0.3 is 15.6 Å². The first-order chi connectivity index (χ1) is 14.0. The molecule has 0 bridgehead atoms. The third-order valence-corrected chi connectivity index (χ3v) is 6.09. The van der Waals surface area contributed by atoms with Crippen molar-refractivity contribution in [3.05, 3.63) is 39.9 Å². The summed E-state index contributed by atoms with van der Waals surface area (Å²) in [5.41, 5.74) is 8.84. The van der Waals surface area contributed by atoms with Crippen molar-refractivity contribution in [1.29, 1.82) is 0 Å². The lowest BCUT2D eigenvalue weighted by Gasteiger charge is -2.19. The molecule has 1 saturated heterocycles. The lowest BCUT2D eigenvalue weighted by Crippen LogP contribution is -2.32. The Hall–Kier alpha value is -2.84. The minimum atomic E-state index is -0.109. The summed E-state index contributed by atoms with van der Waals surface area (Å²) in [6.45, 7) is 4.29. The van der Waals surface area contributed by atoms with Crippen LogP contribution in [0.15, 0.2) is 29.3 Å². The van der Waals surface area contributed by atoms with E-state index in [1.54, 1.807) is 17.8 Å². The zero-order valence-corrected chi connectivity index (χ0v) is 17.1. The molecular weight excluding hydrogens is 390 g/mol. The highest BCUT2D eigenvalue weighted by Gasteiger charge is 2.25. The summed E-state index contributed by atoms with van der Waals surface area (Å²) >= 11 is 6.73. The van der Waals surface area contributed by atoms with E-state index in [0.29, 0.717) is 28.5 Å². The number of hydrogen-bond acceptors (Lipinski definition) is 5. The molecule has 1 atom stereocenters. The highest BCUT2D eigenvalue weighted by molar-refractivity contribution is 6.38. The highest BCUT2D eigenvalue weighted by atomic mass is 35.5. The Bertz CT molecular complexity index is 1300. The fourth-order valence-corrected chi connectivity index (χ4v) is 4.40. The van der Waals surface area contributed by atoms with Gasteiger partial charge in [0.25, 0.3) is 5.56 Å². The van der Waals surface area contributed by atoms with Crippen LogP contribution in [0, 0.1) is 0 Å². The van der Waals surface area contributed by atoms with Crippen molar-refractivity contribution in [2.24, 2.45) is 12.8 Å². The summed E-state index contributed by atoms with van der Waals surface area (Å²) in [5.74, 6) is 0.634. The maximum absolute atomic E-state index is 13.3. The van der Waals surface area contributed by atoms with Gasteiger partial charge in [0.1, 0.15) is 5.65 Å². The molecule has 0 amide bonds. The first kappa shape index (κ1) is 18.2. The number of H-pyrrole nitrogens is 1. The fourth-order valence-electron chi connectivity index (χ4n) is 4.09. The zero-order chi connectivity index (χ0) is 20.3. The molecule has 3 aromatic heterocycles. The van der Waals surface area contributed by atoms with E-state index in [9.17, 15) is 4.79 Å². The molecule has 9 heteroatoms. The van der Waals surface area contributed by atoms with Crippen LogP contribution >= 0.6 is 11.6 Å². The van der Waals surface area contributed by atoms with Crippen LogP contribution in [0.1, 0.15) is 13.3 Å². The zero-order valence-electron chi connectivity index (χ0n) is 16.3. The number of hydrogen-bond donors (Lipinski definition) is 2. The topological polar surface area (TPSA) is 97.8 Å². The Morgan fingerprint density at radius 3 is 2.90 bits per heavy atom. The number of nitrogens with one attached hydrogen (secondary N) is 1. The van der Waals surface area contributed by atoms with E-state index >= 15 is 0 Å². The van der Waals surface area contributed by atoms with E-state index in [0.717, 1.165) is 41.5 Å². The maximum Gasteiger partial charge on any atom is 0.264 e. The van der Waals surface area contributed by atoms with Crippen LogP contribution in [-0.2, 0) is 13.6 Å². The van der Waals surface area contributed by atoms with Crippen LogP contribution in [0.4, 0.5) is 5.95 Å². The van der Waals surface area contributed by atoms with Crippen molar-refractivity contribution < 1.29 is 0 Å². The molecule has 8 nitrogen and oxygen atoms in total. The molecule has 1 aromatic carbocycles. The van der Waals surface area contributed by atoms with Crippen LogP contribution in [0.25, 0.3) is 33.1 Å². The minimum Gasteiger partial charge on any atom is -0.345 e. The number of rotatable bonds is 3. The summed E-state index contributed by atoms with van der Waals surface area (Å²) < 4.78 is 3.45. The smallest absolute Gasteiger partial charge is 0.264 e. The maximum atomic E-state index is 13.3. The number of halogens is 1. The summed E-state index contributed by atoms with van der Waals surface area (Å²) in [6.07, 6.45) is 4.63. The molecular formula is C20H22ClN7O. The van der Waals surface area contributed by atoms with Crippen LogP contribution in [0.2, 0.25) is 5.02 Å². The number of anilines is 1. The molecule has 0 unspecified atom stereocenters. The molecule has 0 spiro atoms. The number of aryl methyl sites for hydroxylation is 1. The number of fused-ring (bicyclic) bond motifs is 2. The molecule has 1 aliphatic heterocycles. The number of benzene rings is 1. The van der Waals surface area contributed by atoms with Crippen molar-refractivity contribution in [1.82, 2.24) is 24.3 Å². The number of nitrogens with two attached hydrogens (primary N) is 1. The molecule has 0 radical (unpaired) electrons. The monoisotopic (exact) mass is 411 g/mol. The quantitative estimate of drug-likeness (QED) is 0.539. The van der Waals surface area contributed by atoms with Gasteiger partial charge in [0, 0.05) is 61.6 Å². The molecule has 1 fully saturated rings. The predicted molar refractivity (Wildman–Crippen MR) is 116 cm³/mol. The van der Waals surface area contributed by atoms with Crippen LogP contribution in [-0.4, -0.2) is 43.4 Å². The second-order valence-corrected chi connectivity index (χ2v) is 7.92. The van der Waals surface area contributed by atoms with Crippen molar-refractivity contribution in [2.45, 2.75) is 25.9 Å². The van der Waals surface area contributed by atoms with Gasteiger partial charge in [-0.3, -0.25) is 14.0 Å². The Morgan fingerprint density at radius 2 is 2.17 bits per heavy atom. The average molecular weight is 412 g/mol. The van der Waals surface area contributed by atoms with Crippen molar-refractivity contribution in [3.63, 3.8) is 0 Å². The van der Waals surface area contributed by atoms with E-state index in [4.69, 9.17) is 22.3 Å². The lowest BCUT2D eigenvalue weighted by atomic mass is 10.0. The fraction of sp³-hybridized carbons (Fsp3) is 0.350. The third kappa shape index (κ3) is 2.74. The Kier molecular flexibility index (Phi) is 4.15. The van der Waals surface area contributed by atoms with Gasteiger partial charge >= 0.3 is 0 Å². The van der Waals surface area contributed by atoms with E-state index < -0.39 is 0 Å². The summed E-state index contributed by atoms with van der Waals surface area (Å²) in [7, 11) is 1.75. The highest BCUT2D eigenvalue weighted by Crippen LogP contribution is 2.36. The molecule has 4 aromatic rings. The average Bonchev–Trinajstić information content (AvgIpc) is 3.43. The predicted octanol–water partition coefficient (Wildman–Crippen LogP) is 2.49. The number of aromatic amines is 1. The minimum absolute atomic E-state index is 0.108. The van der Waals surface area contributed by atoms with Crippen molar-refractivity contribution in [2.75, 3.05) is 18.0 Å². The van der Waals surface area contributed by atoms with E-state index in [2.05, 4.69) is 15.0 Å². The van der Waals surface area contributed by atoms with Gasteiger partial charge in [0.2, 0.25) is 5.95 Å². The van der Waals surface area contributed by atoms with E-state index in [1.807, 2.05) is 29.9 Å². The van der Waals surface area contributed by atoms with Gasteiger partial charge in [-0.05, 0) is 19.4 Å². The molecule has 4 heterocycles. The number of aromatic nitrogens is 5. The van der Waals surface area contributed by atoms with Gasteiger partial charge in [0.15, 0.2) is 0 Å². The van der Waals surface area contributed by atoms with Crippen LogP contribution < -0.4 is 16.2 Å². The van der Waals surface area contributed by atoms with Crippen LogP contribution in [0.5, 0.6) is 0 Å². The summed E-state index contributed by atoms with van der Waals surface area (Å²) in [5, 5.41) is 6.48. The second kappa shape index (κ2) is 6.60. The molecule has 0 saturated carbocycles. The standard InChI is InChI=1S/C20H22ClN7O/c1-3-28-10-14-15(25-28)5-4-12(17(14)21)13-8-23-18-16(13)19(29)26(2)20(24-18)27-7-6-11(22)9-27/h4-5,8,10-11,23H,3,6-7,9,22H2,1-2H3/t11-/m0/s1. The van der Waals surface area contributed by atoms with Gasteiger partial charge in [-0.2, -0.15) is 10.1 Å². The van der Waals surface area contributed by atoms with E-state index in [-0.39, 0.29) is 11.6 Å². The van der Waals surface area contributed by atoms with Crippen molar-refractivity contribution >= 4 is 39.5 Å². The van der Waals surface area contributed by atoms with Gasteiger partial charge in [-0.15, -0.1) is 0 Å². The molecule has 1 aliphatic rings. The second-order valence-electron chi connectivity index (χ2n) is 7.54. The molecule has 0 aliphatic carbocycles. The SMILES string of the molecule is CCn1cc2c(Cl)c(-c3c[nH]c4nc(N5CC[C@H](N)C5)n(C)c(=O)c34)ccc2n1. The Morgan fingerprint density at radius 1 is 1.34 bits per heavy atom. The Labute approximate surface area is 171 Å². The van der Waals surface area contributed by atoms with Gasteiger partial charge in [-0.1, -0.05) is 17.7 Å². The molecule has 150 valence electrons. The van der Waals surface area contributed by atoms with Gasteiger partial charge in [0.05, 0.1) is 15.9 Å². The van der Waals surface area contributed by atoms with Crippen LogP contribution in [0.3, 0.4) is 0 Å². The van der Waals surface area contributed by atoms with E-state index in [1.165, 1.54) is 0 Å². The summed E-state index contributed by atoms with van der Waals surface area (Å²) in [4.78, 5) is 23.2.